The Morgan fingerprint density at radius 1 is 1.19 bits per heavy atom. The lowest BCUT2D eigenvalue weighted by Gasteiger charge is -2.31. The standard InChI is InChI=1S/C20H24N2O2S3/c23-18(22-9-1-3-16(13-22)19-21-8-12-25-19)14-24-17-6-4-15(5-7-17)20-26-10-2-11-27-20/h4-8,12,16,20H,1-3,9-11,13-14H2. The summed E-state index contributed by atoms with van der Waals surface area (Å²) in [4.78, 5) is 18.9. The van der Waals surface area contributed by atoms with Crippen LogP contribution in [0, 0.1) is 0 Å². The fraction of sp³-hybridized carbons (Fsp3) is 0.500. The van der Waals surface area contributed by atoms with Gasteiger partial charge in [-0.05, 0) is 48.5 Å². The summed E-state index contributed by atoms with van der Waals surface area (Å²) in [6.07, 6.45) is 5.28. The molecule has 7 heteroatoms. The molecule has 2 aliphatic rings. The number of hydrogen-bond donors (Lipinski definition) is 0. The number of likely N-dealkylation sites (tertiary alicyclic amines) is 1. The molecular weight excluding hydrogens is 396 g/mol. The molecule has 0 saturated carbocycles. The molecule has 1 aromatic carbocycles. The number of aromatic nitrogens is 1. The zero-order valence-corrected chi connectivity index (χ0v) is 17.7. The smallest absolute Gasteiger partial charge is 0.260 e. The van der Waals surface area contributed by atoms with E-state index in [4.69, 9.17) is 4.74 Å². The lowest BCUT2D eigenvalue weighted by atomic mass is 9.99. The first kappa shape index (κ1) is 19.2. The van der Waals surface area contributed by atoms with Gasteiger partial charge in [0.05, 0.1) is 9.59 Å². The SMILES string of the molecule is O=C(COc1ccc(C2SCCCS2)cc1)N1CCCC(c2nccs2)C1. The number of nitrogens with zero attached hydrogens (tertiary/aromatic N) is 2. The number of thiazole rings is 1. The van der Waals surface area contributed by atoms with E-state index in [0.717, 1.165) is 36.7 Å². The highest BCUT2D eigenvalue weighted by Crippen LogP contribution is 2.43. The second-order valence-corrected chi connectivity index (χ2v) is 10.5. The molecule has 3 heterocycles. The van der Waals surface area contributed by atoms with Crippen LogP contribution < -0.4 is 4.74 Å². The lowest BCUT2D eigenvalue weighted by Crippen LogP contribution is -2.41. The maximum atomic E-state index is 12.6. The number of piperidine rings is 1. The minimum absolute atomic E-state index is 0.0683. The van der Waals surface area contributed by atoms with Gasteiger partial charge in [-0.25, -0.2) is 4.98 Å². The summed E-state index contributed by atoms with van der Waals surface area (Å²) in [6, 6.07) is 8.25. The first-order chi connectivity index (χ1) is 13.3. The number of rotatable bonds is 5. The Hall–Kier alpha value is -1.18. The van der Waals surface area contributed by atoms with Crippen molar-refractivity contribution in [3.05, 3.63) is 46.4 Å². The number of hydrogen-bond acceptors (Lipinski definition) is 6. The second kappa shape index (κ2) is 9.34. The fourth-order valence-electron chi connectivity index (χ4n) is 3.48. The first-order valence-corrected chi connectivity index (χ1v) is 12.4. The van der Waals surface area contributed by atoms with Gasteiger partial charge in [0.15, 0.2) is 6.61 Å². The quantitative estimate of drug-likeness (QED) is 0.695. The number of carbonyl (C=O) groups excluding carboxylic acids is 1. The van der Waals surface area contributed by atoms with Crippen LogP contribution in [-0.4, -0.2) is 47.0 Å². The average molecular weight is 421 g/mol. The Labute approximate surface area is 173 Å². The predicted molar refractivity (Wildman–Crippen MR) is 115 cm³/mol. The van der Waals surface area contributed by atoms with E-state index in [1.54, 1.807) is 11.3 Å². The van der Waals surface area contributed by atoms with Gasteiger partial charge < -0.3 is 9.64 Å². The minimum Gasteiger partial charge on any atom is -0.484 e. The number of amides is 1. The van der Waals surface area contributed by atoms with Crippen molar-refractivity contribution in [2.24, 2.45) is 0 Å². The Kier molecular flexibility index (Phi) is 6.63. The summed E-state index contributed by atoms with van der Waals surface area (Å²) in [7, 11) is 0. The summed E-state index contributed by atoms with van der Waals surface area (Å²) >= 11 is 5.71. The van der Waals surface area contributed by atoms with E-state index in [9.17, 15) is 4.79 Å². The Balaban J connectivity index is 1.28. The Bertz CT molecular complexity index is 730. The predicted octanol–water partition coefficient (Wildman–Crippen LogP) is 4.80. The van der Waals surface area contributed by atoms with Gasteiger partial charge in [-0.2, -0.15) is 0 Å². The van der Waals surface area contributed by atoms with E-state index in [1.807, 2.05) is 52.1 Å². The topological polar surface area (TPSA) is 42.4 Å². The molecule has 144 valence electrons. The molecule has 1 aromatic heterocycles. The third-order valence-corrected chi connectivity index (χ3v) is 8.87. The molecule has 4 rings (SSSR count). The van der Waals surface area contributed by atoms with E-state index in [-0.39, 0.29) is 12.5 Å². The van der Waals surface area contributed by atoms with Gasteiger partial charge in [-0.15, -0.1) is 34.9 Å². The summed E-state index contributed by atoms with van der Waals surface area (Å²) < 4.78 is 6.30. The zero-order chi connectivity index (χ0) is 18.5. The Morgan fingerprint density at radius 2 is 2.00 bits per heavy atom. The van der Waals surface area contributed by atoms with Crippen molar-refractivity contribution >= 4 is 40.8 Å². The van der Waals surface area contributed by atoms with Gasteiger partial charge >= 0.3 is 0 Å². The normalized spacial score (nSPS) is 21.2. The highest BCUT2D eigenvalue weighted by Gasteiger charge is 2.26. The fourth-order valence-corrected chi connectivity index (χ4v) is 7.14. The third-order valence-electron chi connectivity index (χ3n) is 4.92. The number of carbonyl (C=O) groups is 1. The van der Waals surface area contributed by atoms with Crippen molar-refractivity contribution in [1.29, 1.82) is 0 Å². The third kappa shape index (κ3) is 5.00. The number of benzene rings is 1. The van der Waals surface area contributed by atoms with Crippen LogP contribution in [0.3, 0.4) is 0 Å². The first-order valence-electron chi connectivity index (χ1n) is 9.43. The number of thioether (sulfide) groups is 2. The molecule has 0 N–H and O–H groups in total. The van der Waals surface area contributed by atoms with E-state index in [1.165, 1.54) is 23.5 Å². The Morgan fingerprint density at radius 3 is 2.74 bits per heavy atom. The van der Waals surface area contributed by atoms with Crippen LogP contribution in [0.2, 0.25) is 0 Å². The van der Waals surface area contributed by atoms with Crippen LogP contribution in [0.25, 0.3) is 0 Å². The van der Waals surface area contributed by atoms with Crippen molar-refractivity contribution in [2.45, 2.75) is 29.8 Å². The molecule has 4 nitrogen and oxygen atoms in total. The van der Waals surface area contributed by atoms with Crippen molar-refractivity contribution in [3.8, 4) is 5.75 Å². The van der Waals surface area contributed by atoms with E-state index in [2.05, 4.69) is 17.1 Å². The van der Waals surface area contributed by atoms with Crippen molar-refractivity contribution < 1.29 is 9.53 Å². The van der Waals surface area contributed by atoms with E-state index < -0.39 is 0 Å². The molecule has 0 bridgehead atoms. The van der Waals surface area contributed by atoms with Crippen molar-refractivity contribution in [2.75, 3.05) is 31.2 Å². The maximum Gasteiger partial charge on any atom is 0.260 e. The molecule has 1 unspecified atom stereocenters. The lowest BCUT2D eigenvalue weighted by molar-refractivity contribution is -0.134. The molecule has 0 radical (unpaired) electrons. The molecule has 0 spiro atoms. The van der Waals surface area contributed by atoms with Crippen LogP contribution in [0.1, 0.15) is 40.3 Å². The minimum atomic E-state index is 0.0683. The molecule has 2 saturated heterocycles. The van der Waals surface area contributed by atoms with Crippen molar-refractivity contribution in [1.82, 2.24) is 9.88 Å². The maximum absolute atomic E-state index is 12.6. The van der Waals surface area contributed by atoms with Gasteiger partial charge in [0.25, 0.3) is 5.91 Å². The summed E-state index contributed by atoms with van der Waals surface area (Å²) in [5.41, 5.74) is 1.34. The summed E-state index contributed by atoms with van der Waals surface area (Å²) in [6.45, 7) is 1.68. The monoisotopic (exact) mass is 420 g/mol. The van der Waals surface area contributed by atoms with Crippen LogP contribution in [0.15, 0.2) is 35.8 Å². The van der Waals surface area contributed by atoms with E-state index >= 15 is 0 Å². The highest BCUT2D eigenvalue weighted by molar-refractivity contribution is 8.16. The highest BCUT2D eigenvalue weighted by atomic mass is 32.2. The number of ether oxygens (including phenoxy) is 1. The zero-order valence-electron chi connectivity index (χ0n) is 15.2. The van der Waals surface area contributed by atoms with Gasteiger partial charge in [-0.1, -0.05) is 12.1 Å². The second-order valence-electron chi connectivity index (χ2n) is 6.83. The molecular formula is C20H24N2O2S3. The molecule has 1 amide bonds. The van der Waals surface area contributed by atoms with Gasteiger partial charge in [0.2, 0.25) is 0 Å². The molecule has 2 fully saturated rings. The van der Waals surface area contributed by atoms with Crippen LogP contribution in [0.5, 0.6) is 5.75 Å². The molecule has 1 atom stereocenters. The van der Waals surface area contributed by atoms with Crippen LogP contribution in [-0.2, 0) is 4.79 Å². The van der Waals surface area contributed by atoms with Crippen LogP contribution >= 0.6 is 34.9 Å². The molecule has 0 aliphatic carbocycles. The van der Waals surface area contributed by atoms with E-state index in [0.29, 0.717) is 10.5 Å². The molecule has 2 aromatic rings. The van der Waals surface area contributed by atoms with Crippen LogP contribution in [0.4, 0.5) is 0 Å². The molecule has 2 aliphatic heterocycles. The van der Waals surface area contributed by atoms with Crippen molar-refractivity contribution in [3.63, 3.8) is 0 Å². The summed E-state index contributed by atoms with van der Waals surface area (Å²) in [5.74, 6) is 3.68. The van der Waals surface area contributed by atoms with Gasteiger partial charge in [0, 0.05) is 30.6 Å². The average Bonchev–Trinajstić information content (AvgIpc) is 3.28. The van der Waals surface area contributed by atoms with Gasteiger partial charge in [-0.3, -0.25) is 4.79 Å². The molecule has 27 heavy (non-hydrogen) atoms. The largest absolute Gasteiger partial charge is 0.484 e. The summed E-state index contributed by atoms with van der Waals surface area (Å²) in [5, 5.41) is 3.15. The van der Waals surface area contributed by atoms with Gasteiger partial charge in [0.1, 0.15) is 5.75 Å².